The number of rotatable bonds is 5. The molecule has 1 saturated heterocycles. The van der Waals surface area contributed by atoms with Crippen molar-refractivity contribution in [2.45, 2.75) is 46.1 Å². The summed E-state index contributed by atoms with van der Waals surface area (Å²) >= 11 is 0. The molecule has 4 aromatic rings. The van der Waals surface area contributed by atoms with Crippen LogP contribution >= 0.6 is 0 Å². The lowest BCUT2D eigenvalue weighted by Crippen LogP contribution is -2.31. The summed E-state index contributed by atoms with van der Waals surface area (Å²) in [5.74, 6) is 1.53. The quantitative estimate of drug-likeness (QED) is 0.496. The number of aliphatic hydroxyl groups is 1. The fourth-order valence-electron chi connectivity index (χ4n) is 3.98. The summed E-state index contributed by atoms with van der Waals surface area (Å²) in [4.78, 5) is 16.4. The summed E-state index contributed by atoms with van der Waals surface area (Å²) in [5, 5.41) is 15.6. The van der Waals surface area contributed by atoms with E-state index in [2.05, 4.69) is 45.4 Å². The van der Waals surface area contributed by atoms with Gasteiger partial charge in [-0.3, -0.25) is 0 Å². The van der Waals surface area contributed by atoms with Crippen molar-refractivity contribution in [2.24, 2.45) is 7.05 Å². The van der Waals surface area contributed by atoms with Gasteiger partial charge in [-0.1, -0.05) is 13.0 Å². The molecule has 1 aliphatic heterocycles. The number of hydrogen-bond donors (Lipinski definition) is 2. The Hall–Kier alpha value is -3.20. The second-order valence-electron chi connectivity index (χ2n) is 8.00. The molecule has 1 aliphatic rings. The number of fused-ring (bicyclic) bond motifs is 2. The van der Waals surface area contributed by atoms with Crippen LogP contribution in [0.2, 0.25) is 0 Å². The van der Waals surface area contributed by atoms with Gasteiger partial charge >= 0.3 is 0 Å². The summed E-state index contributed by atoms with van der Waals surface area (Å²) in [6.45, 7) is 6.75. The number of aliphatic hydroxyl groups excluding tert-OH is 1. The number of nitrogens with zero attached hydrogens (tertiary/aromatic N) is 7. The van der Waals surface area contributed by atoms with Gasteiger partial charge in [0.25, 0.3) is 0 Å². The van der Waals surface area contributed by atoms with Crippen molar-refractivity contribution in [3.05, 3.63) is 41.9 Å². The zero-order valence-corrected chi connectivity index (χ0v) is 19.1. The number of piperidine rings is 1. The van der Waals surface area contributed by atoms with Crippen molar-refractivity contribution in [1.29, 1.82) is 0 Å². The molecule has 1 fully saturated rings. The van der Waals surface area contributed by atoms with Gasteiger partial charge in [0, 0.05) is 38.9 Å². The summed E-state index contributed by atoms with van der Waals surface area (Å²) < 4.78 is 3.85. The predicted molar refractivity (Wildman–Crippen MR) is 127 cm³/mol. The first kappa shape index (κ1) is 22.0. The molecule has 0 radical (unpaired) electrons. The van der Waals surface area contributed by atoms with Gasteiger partial charge in [-0.05, 0) is 50.3 Å². The van der Waals surface area contributed by atoms with E-state index >= 15 is 0 Å². The van der Waals surface area contributed by atoms with E-state index in [9.17, 15) is 0 Å². The standard InChI is InChI=1S/C21H26N8.C2H6O/c1-3-16-13-24-29-19(16)25-21(28-9-5-4-6-10-28)26-20(29)22-12-15-7-8-18-17(11-15)23-14-27(18)2;1-2-3/h7-8,11,13-14H,3-6,9-10,12H2,1-2H3,(H,22,25,26);3H,2H2,1H3. The van der Waals surface area contributed by atoms with Crippen LogP contribution in [0.25, 0.3) is 16.7 Å². The molecule has 4 heterocycles. The van der Waals surface area contributed by atoms with E-state index in [0.717, 1.165) is 59.2 Å². The first-order chi connectivity index (χ1) is 15.6. The molecule has 1 aromatic carbocycles. The lowest BCUT2D eigenvalue weighted by Gasteiger charge is -2.27. The maximum atomic E-state index is 7.57. The second kappa shape index (κ2) is 9.95. The van der Waals surface area contributed by atoms with Crippen LogP contribution < -0.4 is 10.2 Å². The van der Waals surface area contributed by atoms with Crippen LogP contribution in [0.1, 0.15) is 44.2 Å². The molecule has 2 N–H and O–H groups in total. The molecule has 0 amide bonds. The van der Waals surface area contributed by atoms with Crippen molar-refractivity contribution >= 4 is 28.6 Å². The minimum atomic E-state index is 0.250. The van der Waals surface area contributed by atoms with Crippen LogP contribution in [0, 0.1) is 0 Å². The van der Waals surface area contributed by atoms with Crippen molar-refractivity contribution in [3.63, 3.8) is 0 Å². The van der Waals surface area contributed by atoms with Gasteiger partial charge in [0.05, 0.1) is 23.6 Å². The van der Waals surface area contributed by atoms with Crippen LogP contribution in [-0.2, 0) is 20.0 Å². The molecule has 170 valence electrons. The highest BCUT2D eigenvalue weighted by atomic mass is 16.2. The smallest absolute Gasteiger partial charge is 0.230 e. The zero-order chi connectivity index (χ0) is 22.5. The first-order valence-corrected chi connectivity index (χ1v) is 11.4. The second-order valence-corrected chi connectivity index (χ2v) is 8.00. The molecule has 0 unspecified atom stereocenters. The fourth-order valence-corrected chi connectivity index (χ4v) is 3.98. The Bertz CT molecular complexity index is 1180. The summed E-state index contributed by atoms with van der Waals surface area (Å²) in [7, 11) is 2.01. The molecule has 0 spiro atoms. The van der Waals surface area contributed by atoms with Crippen molar-refractivity contribution in [3.8, 4) is 0 Å². The third kappa shape index (κ3) is 4.52. The number of aromatic nitrogens is 6. The molecule has 0 saturated carbocycles. The molecule has 5 rings (SSSR count). The van der Waals surface area contributed by atoms with Gasteiger partial charge in [-0.25, -0.2) is 4.98 Å². The van der Waals surface area contributed by atoms with Crippen LogP contribution in [0.5, 0.6) is 0 Å². The van der Waals surface area contributed by atoms with Crippen LogP contribution in [0.3, 0.4) is 0 Å². The number of nitrogens with one attached hydrogen (secondary N) is 1. The minimum Gasteiger partial charge on any atom is -0.397 e. The highest BCUT2D eigenvalue weighted by molar-refractivity contribution is 5.76. The number of aryl methyl sites for hydroxylation is 2. The molecule has 0 aliphatic carbocycles. The lowest BCUT2D eigenvalue weighted by atomic mass is 10.1. The van der Waals surface area contributed by atoms with E-state index in [1.807, 2.05) is 28.7 Å². The number of hydrogen-bond acceptors (Lipinski definition) is 7. The van der Waals surface area contributed by atoms with E-state index in [1.165, 1.54) is 19.3 Å². The molecular formula is C23H32N8O. The van der Waals surface area contributed by atoms with Gasteiger partial charge in [-0.2, -0.15) is 19.6 Å². The van der Waals surface area contributed by atoms with Gasteiger partial charge in [-0.15, -0.1) is 0 Å². The normalized spacial score (nSPS) is 13.9. The van der Waals surface area contributed by atoms with Crippen molar-refractivity contribution in [1.82, 2.24) is 29.1 Å². The Morgan fingerprint density at radius 1 is 1.09 bits per heavy atom. The predicted octanol–water partition coefficient (Wildman–Crippen LogP) is 3.17. The Labute approximate surface area is 188 Å². The third-order valence-corrected chi connectivity index (χ3v) is 5.69. The maximum absolute atomic E-state index is 7.57. The van der Waals surface area contributed by atoms with Gasteiger partial charge in [0.15, 0.2) is 5.65 Å². The van der Waals surface area contributed by atoms with E-state index in [1.54, 1.807) is 6.92 Å². The molecule has 9 heteroatoms. The number of benzene rings is 1. The van der Waals surface area contributed by atoms with Gasteiger partial charge < -0.3 is 19.9 Å². The average molecular weight is 437 g/mol. The first-order valence-electron chi connectivity index (χ1n) is 11.4. The summed E-state index contributed by atoms with van der Waals surface area (Å²) in [5.41, 5.74) is 5.32. The minimum absolute atomic E-state index is 0.250. The molecule has 0 atom stereocenters. The highest BCUT2D eigenvalue weighted by Gasteiger charge is 2.18. The maximum Gasteiger partial charge on any atom is 0.230 e. The Morgan fingerprint density at radius 3 is 2.62 bits per heavy atom. The van der Waals surface area contributed by atoms with Crippen molar-refractivity contribution < 1.29 is 5.11 Å². The van der Waals surface area contributed by atoms with Crippen molar-refractivity contribution in [2.75, 3.05) is 29.9 Å². The van der Waals surface area contributed by atoms with Crippen LogP contribution in [0.4, 0.5) is 11.9 Å². The largest absolute Gasteiger partial charge is 0.397 e. The van der Waals surface area contributed by atoms with E-state index in [0.29, 0.717) is 6.54 Å². The van der Waals surface area contributed by atoms with Crippen LogP contribution in [-0.4, -0.2) is 53.9 Å². The third-order valence-electron chi connectivity index (χ3n) is 5.69. The van der Waals surface area contributed by atoms with Gasteiger partial charge in [0.2, 0.25) is 11.9 Å². The van der Waals surface area contributed by atoms with E-state index in [4.69, 9.17) is 15.1 Å². The average Bonchev–Trinajstić information content (AvgIpc) is 3.41. The summed E-state index contributed by atoms with van der Waals surface area (Å²) in [6, 6.07) is 6.35. The van der Waals surface area contributed by atoms with Crippen LogP contribution in [0.15, 0.2) is 30.7 Å². The Balaban J connectivity index is 0.000000775. The molecule has 32 heavy (non-hydrogen) atoms. The molecule has 9 nitrogen and oxygen atoms in total. The highest BCUT2D eigenvalue weighted by Crippen LogP contribution is 2.22. The molecule has 3 aromatic heterocycles. The summed E-state index contributed by atoms with van der Waals surface area (Å²) in [6.07, 6.45) is 8.32. The molecule has 0 bridgehead atoms. The Kier molecular flexibility index (Phi) is 6.84. The number of imidazole rings is 1. The number of anilines is 2. The SMILES string of the molecule is CCO.CCc1cnn2c(NCc3ccc4c(c3)ncn4C)nc(N3CCCCC3)nc12. The fraction of sp³-hybridized carbons (Fsp3) is 0.478. The Morgan fingerprint density at radius 2 is 1.88 bits per heavy atom. The topological polar surface area (TPSA) is 96.4 Å². The lowest BCUT2D eigenvalue weighted by molar-refractivity contribution is 0.318. The molecular weight excluding hydrogens is 404 g/mol. The zero-order valence-electron chi connectivity index (χ0n) is 19.1. The van der Waals surface area contributed by atoms with E-state index < -0.39 is 0 Å². The monoisotopic (exact) mass is 436 g/mol. The van der Waals surface area contributed by atoms with Gasteiger partial charge in [0.1, 0.15) is 0 Å². The van der Waals surface area contributed by atoms with E-state index in [-0.39, 0.29) is 6.61 Å².